The van der Waals surface area contributed by atoms with Gasteiger partial charge in [-0.1, -0.05) is 24.3 Å². The Morgan fingerprint density at radius 2 is 1.88 bits per heavy atom. The molecule has 0 spiro atoms. The van der Waals surface area contributed by atoms with Gasteiger partial charge < -0.3 is 19.7 Å². The van der Waals surface area contributed by atoms with Crippen molar-refractivity contribution in [3.8, 4) is 5.75 Å². The van der Waals surface area contributed by atoms with Crippen LogP contribution in [-0.4, -0.2) is 38.8 Å². The topological polar surface area (TPSA) is 50.8 Å². The molecule has 2 aromatic carbocycles. The van der Waals surface area contributed by atoms with Crippen molar-refractivity contribution in [3.63, 3.8) is 0 Å². The second-order valence-corrected chi connectivity index (χ2v) is 5.94. The number of carbonyl (C=O) groups is 1. The third-order valence-electron chi connectivity index (χ3n) is 4.13. The van der Waals surface area contributed by atoms with Gasteiger partial charge in [0, 0.05) is 19.2 Å². The number of amides is 1. The highest BCUT2D eigenvalue weighted by Crippen LogP contribution is 2.26. The van der Waals surface area contributed by atoms with E-state index >= 15 is 0 Å². The number of hydrogen-bond acceptors (Lipinski definition) is 4. The van der Waals surface area contributed by atoms with Crippen LogP contribution in [0.5, 0.6) is 5.75 Å². The van der Waals surface area contributed by atoms with E-state index in [-0.39, 0.29) is 5.91 Å². The van der Waals surface area contributed by atoms with Gasteiger partial charge in [0.15, 0.2) is 0 Å². The van der Waals surface area contributed by atoms with Crippen molar-refractivity contribution in [1.82, 2.24) is 0 Å². The Balaban J connectivity index is 1.64. The van der Waals surface area contributed by atoms with Gasteiger partial charge in [-0.3, -0.25) is 4.79 Å². The number of morpholine rings is 1. The van der Waals surface area contributed by atoms with Crippen molar-refractivity contribution >= 4 is 23.4 Å². The zero-order valence-electron chi connectivity index (χ0n) is 15.0. The summed E-state index contributed by atoms with van der Waals surface area (Å²) in [6.07, 6.45) is 3.34. The van der Waals surface area contributed by atoms with E-state index in [4.69, 9.17) is 9.47 Å². The molecule has 0 bridgehead atoms. The van der Waals surface area contributed by atoms with Crippen LogP contribution >= 0.6 is 0 Å². The van der Waals surface area contributed by atoms with Crippen molar-refractivity contribution in [2.24, 2.45) is 0 Å². The number of anilines is 2. The zero-order chi connectivity index (χ0) is 18.2. The summed E-state index contributed by atoms with van der Waals surface area (Å²) in [5.74, 6) is 0.674. The number of carbonyl (C=O) groups excluding carboxylic acids is 1. The predicted octanol–water partition coefficient (Wildman–Crippen LogP) is 3.57. The Bertz CT molecular complexity index is 750. The lowest BCUT2D eigenvalue weighted by Gasteiger charge is -2.30. The molecule has 0 radical (unpaired) electrons. The SMILES string of the molecule is CCOc1ccc(C=CC(=O)Nc2ccccc2N2CCOCC2)cc1. The summed E-state index contributed by atoms with van der Waals surface area (Å²) in [5.41, 5.74) is 2.79. The van der Waals surface area contributed by atoms with E-state index < -0.39 is 0 Å². The summed E-state index contributed by atoms with van der Waals surface area (Å²) in [5, 5.41) is 2.98. The molecule has 2 aromatic rings. The van der Waals surface area contributed by atoms with E-state index in [2.05, 4.69) is 10.2 Å². The quantitative estimate of drug-likeness (QED) is 0.808. The summed E-state index contributed by atoms with van der Waals surface area (Å²) in [6.45, 7) is 5.66. The molecule has 0 unspecified atom stereocenters. The van der Waals surface area contributed by atoms with Crippen LogP contribution in [0.1, 0.15) is 12.5 Å². The molecule has 3 rings (SSSR count). The summed E-state index contributed by atoms with van der Waals surface area (Å²) in [6, 6.07) is 15.5. The van der Waals surface area contributed by atoms with Crippen LogP contribution in [0.2, 0.25) is 0 Å². The molecule has 0 aliphatic carbocycles. The number of hydrogen-bond donors (Lipinski definition) is 1. The van der Waals surface area contributed by atoms with E-state index in [1.165, 1.54) is 0 Å². The molecule has 1 fully saturated rings. The zero-order valence-corrected chi connectivity index (χ0v) is 15.0. The fourth-order valence-corrected chi connectivity index (χ4v) is 2.85. The van der Waals surface area contributed by atoms with E-state index in [1.54, 1.807) is 12.2 Å². The first-order valence-corrected chi connectivity index (χ1v) is 8.90. The second-order valence-electron chi connectivity index (χ2n) is 5.94. The Morgan fingerprint density at radius 3 is 2.62 bits per heavy atom. The molecule has 1 amide bonds. The Morgan fingerprint density at radius 1 is 1.15 bits per heavy atom. The average Bonchev–Trinajstić information content (AvgIpc) is 2.69. The van der Waals surface area contributed by atoms with Crippen LogP contribution in [0.15, 0.2) is 54.6 Å². The van der Waals surface area contributed by atoms with Crippen LogP contribution in [0, 0.1) is 0 Å². The highest BCUT2D eigenvalue weighted by molar-refractivity contribution is 6.03. The van der Waals surface area contributed by atoms with E-state index in [0.29, 0.717) is 19.8 Å². The third kappa shape index (κ3) is 4.86. The molecule has 136 valence electrons. The minimum Gasteiger partial charge on any atom is -0.494 e. The van der Waals surface area contributed by atoms with Gasteiger partial charge in [-0.2, -0.15) is 0 Å². The summed E-state index contributed by atoms with van der Waals surface area (Å²) >= 11 is 0. The summed E-state index contributed by atoms with van der Waals surface area (Å²) in [7, 11) is 0. The van der Waals surface area contributed by atoms with E-state index in [9.17, 15) is 4.79 Å². The number of benzene rings is 2. The van der Waals surface area contributed by atoms with Crippen LogP contribution < -0.4 is 15.0 Å². The fourth-order valence-electron chi connectivity index (χ4n) is 2.85. The molecule has 1 heterocycles. The normalized spacial score (nSPS) is 14.4. The van der Waals surface area contributed by atoms with Crippen LogP contribution in [-0.2, 0) is 9.53 Å². The van der Waals surface area contributed by atoms with Crippen molar-refractivity contribution in [2.75, 3.05) is 43.1 Å². The standard InChI is InChI=1S/C21H24N2O3/c1-2-26-18-10-7-17(8-11-18)9-12-21(24)22-19-5-3-4-6-20(19)23-13-15-25-16-14-23/h3-12H,2,13-16H2,1H3,(H,22,24). The van der Waals surface area contributed by atoms with Gasteiger partial charge in [0.1, 0.15) is 5.75 Å². The van der Waals surface area contributed by atoms with Gasteiger partial charge in [-0.05, 0) is 42.8 Å². The lowest BCUT2D eigenvalue weighted by molar-refractivity contribution is -0.111. The second kappa shape index (κ2) is 9.06. The number of rotatable bonds is 6. The first-order chi connectivity index (χ1) is 12.8. The van der Waals surface area contributed by atoms with Gasteiger partial charge in [0.25, 0.3) is 0 Å². The lowest BCUT2D eigenvalue weighted by atomic mass is 10.2. The van der Waals surface area contributed by atoms with Gasteiger partial charge in [-0.15, -0.1) is 0 Å². The van der Waals surface area contributed by atoms with Crippen LogP contribution in [0.25, 0.3) is 6.08 Å². The molecular weight excluding hydrogens is 328 g/mol. The Labute approximate surface area is 154 Å². The molecular formula is C21H24N2O3. The van der Waals surface area contributed by atoms with Crippen LogP contribution in [0.3, 0.4) is 0 Å². The van der Waals surface area contributed by atoms with Crippen molar-refractivity contribution in [3.05, 3.63) is 60.2 Å². The molecule has 1 aliphatic heterocycles. The first-order valence-electron chi connectivity index (χ1n) is 8.90. The monoisotopic (exact) mass is 352 g/mol. The van der Waals surface area contributed by atoms with Gasteiger partial charge in [0.05, 0.1) is 31.2 Å². The average molecular weight is 352 g/mol. The molecule has 1 saturated heterocycles. The largest absolute Gasteiger partial charge is 0.494 e. The van der Waals surface area contributed by atoms with Gasteiger partial charge in [0.2, 0.25) is 5.91 Å². The lowest BCUT2D eigenvalue weighted by Crippen LogP contribution is -2.36. The van der Waals surface area contributed by atoms with Crippen molar-refractivity contribution < 1.29 is 14.3 Å². The van der Waals surface area contributed by atoms with Gasteiger partial charge >= 0.3 is 0 Å². The molecule has 1 aliphatic rings. The fraction of sp³-hybridized carbons (Fsp3) is 0.286. The predicted molar refractivity (Wildman–Crippen MR) is 105 cm³/mol. The minimum atomic E-state index is -0.153. The molecule has 26 heavy (non-hydrogen) atoms. The van der Waals surface area contributed by atoms with Crippen molar-refractivity contribution in [1.29, 1.82) is 0 Å². The van der Waals surface area contributed by atoms with E-state index in [0.717, 1.165) is 35.8 Å². The Hall–Kier alpha value is -2.79. The Kier molecular flexibility index (Phi) is 6.28. The van der Waals surface area contributed by atoms with Gasteiger partial charge in [-0.25, -0.2) is 0 Å². The number of nitrogens with one attached hydrogen (secondary N) is 1. The molecule has 5 nitrogen and oxygen atoms in total. The maximum atomic E-state index is 12.3. The third-order valence-corrected chi connectivity index (χ3v) is 4.13. The number of nitrogens with zero attached hydrogens (tertiary/aromatic N) is 1. The highest BCUT2D eigenvalue weighted by Gasteiger charge is 2.15. The van der Waals surface area contributed by atoms with E-state index in [1.807, 2.05) is 55.5 Å². The first kappa shape index (κ1) is 18.0. The number of ether oxygens (including phenoxy) is 2. The molecule has 0 atom stereocenters. The molecule has 5 heteroatoms. The maximum absolute atomic E-state index is 12.3. The van der Waals surface area contributed by atoms with Crippen LogP contribution in [0.4, 0.5) is 11.4 Å². The molecule has 0 aromatic heterocycles. The smallest absolute Gasteiger partial charge is 0.248 e. The molecule has 0 saturated carbocycles. The number of para-hydroxylation sites is 2. The summed E-state index contributed by atoms with van der Waals surface area (Å²) < 4.78 is 10.8. The summed E-state index contributed by atoms with van der Waals surface area (Å²) in [4.78, 5) is 14.6. The molecule has 1 N–H and O–H groups in total. The maximum Gasteiger partial charge on any atom is 0.248 e. The van der Waals surface area contributed by atoms with Crippen molar-refractivity contribution in [2.45, 2.75) is 6.92 Å². The minimum absolute atomic E-state index is 0.153. The highest BCUT2D eigenvalue weighted by atomic mass is 16.5.